The summed E-state index contributed by atoms with van der Waals surface area (Å²) < 4.78 is 62.5. The molecule has 0 aliphatic rings. The molecule has 22 heavy (non-hydrogen) atoms. The van der Waals surface area contributed by atoms with E-state index in [9.17, 15) is 8.42 Å². The van der Waals surface area contributed by atoms with E-state index in [0.717, 1.165) is 5.39 Å². The molecule has 8 nitrogen and oxygen atoms in total. The monoisotopic (exact) mass is 360 g/mol. The van der Waals surface area contributed by atoms with Gasteiger partial charge in [-0.3, -0.25) is 13.7 Å². The standard InChI is InChI=1S/C10H8O3S.CH2O.Na.H2O4S.H/c11-14(12,13)10-7-3-5-8-4-1-2-6-9(8)10;1-2;;1-5(2,3)4;/h1-7H,(H,11,12,13);1H2;;(H2,1,2,3,4);. The average Bonchev–Trinajstić information content (AvgIpc) is 2.37. The van der Waals surface area contributed by atoms with Crippen molar-refractivity contribution in [3.63, 3.8) is 0 Å². The summed E-state index contributed by atoms with van der Waals surface area (Å²) in [6.45, 7) is 2.00. The first-order chi connectivity index (χ1) is 9.59. The van der Waals surface area contributed by atoms with Crippen LogP contribution < -0.4 is 0 Å². The van der Waals surface area contributed by atoms with Gasteiger partial charge in [0.05, 0.1) is 0 Å². The van der Waals surface area contributed by atoms with Crippen molar-refractivity contribution in [2.75, 3.05) is 0 Å². The van der Waals surface area contributed by atoms with E-state index in [1.165, 1.54) is 6.07 Å². The van der Waals surface area contributed by atoms with E-state index < -0.39 is 20.5 Å². The zero-order chi connectivity index (χ0) is 16.7. The average molecular weight is 360 g/mol. The van der Waals surface area contributed by atoms with Crippen LogP contribution in [0, 0.1) is 0 Å². The van der Waals surface area contributed by atoms with Crippen LogP contribution in [0.25, 0.3) is 10.8 Å². The van der Waals surface area contributed by atoms with Crippen LogP contribution in [-0.2, 0) is 25.3 Å². The summed E-state index contributed by atoms with van der Waals surface area (Å²) in [6, 6.07) is 11.8. The quantitative estimate of drug-likeness (QED) is 0.495. The fourth-order valence-electron chi connectivity index (χ4n) is 1.42. The summed E-state index contributed by atoms with van der Waals surface area (Å²) in [5, 5.41) is 1.33. The van der Waals surface area contributed by atoms with Crippen molar-refractivity contribution in [2.24, 2.45) is 0 Å². The van der Waals surface area contributed by atoms with Gasteiger partial charge < -0.3 is 4.79 Å². The maximum absolute atomic E-state index is 11.0. The molecule has 0 amide bonds. The summed E-state index contributed by atoms with van der Waals surface area (Å²) >= 11 is 0. The molecule has 2 rings (SSSR count). The van der Waals surface area contributed by atoms with Crippen LogP contribution in [0.4, 0.5) is 0 Å². The second-order valence-corrected chi connectivity index (χ2v) is 5.69. The van der Waals surface area contributed by atoms with E-state index in [0.29, 0.717) is 5.39 Å². The Hall–Kier alpha value is -0.850. The van der Waals surface area contributed by atoms with E-state index in [4.69, 9.17) is 26.9 Å². The Morgan fingerprint density at radius 2 is 1.18 bits per heavy atom. The second kappa shape index (κ2) is 10.0. The topological polar surface area (TPSA) is 146 Å². The van der Waals surface area contributed by atoms with E-state index in [1.807, 2.05) is 12.9 Å². The van der Waals surface area contributed by atoms with Crippen LogP contribution in [0.15, 0.2) is 47.4 Å². The molecule has 0 fully saturated rings. The molecule has 0 saturated carbocycles. The van der Waals surface area contributed by atoms with Gasteiger partial charge in [0.2, 0.25) is 0 Å². The minimum atomic E-state index is -4.67. The third kappa shape index (κ3) is 9.23. The molecule has 11 heteroatoms. The van der Waals surface area contributed by atoms with Crippen LogP contribution in [-0.4, -0.2) is 66.8 Å². The van der Waals surface area contributed by atoms with Gasteiger partial charge in [0.15, 0.2) is 0 Å². The van der Waals surface area contributed by atoms with Crippen molar-refractivity contribution in [2.45, 2.75) is 4.90 Å². The van der Waals surface area contributed by atoms with Crippen molar-refractivity contribution in [1.29, 1.82) is 0 Å². The maximum atomic E-state index is 11.0. The van der Waals surface area contributed by atoms with Crippen LogP contribution in [0.3, 0.4) is 0 Å². The van der Waals surface area contributed by atoms with Crippen LogP contribution in [0.2, 0.25) is 0 Å². The molecule has 0 aliphatic heterocycles. The summed E-state index contributed by atoms with van der Waals surface area (Å²) in [7, 11) is -8.80. The number of carbonyl (C=O) groups is 1. The summed E-state index contributed by atoms with van der Waals surface area (Å²) in [4.78, 5) is 7.95. The molecule has 0 heterocycles. The number of rotatable bonds is 1. The second-order valence-electron chi connectivity index (χ2n) is 3.40. The van der Waals surface area contributed by atoms with Gasteiger partial charge in [-0.1, -0.05) is 36.4 Å². The molecule has 2 aromatic carbocycles. The van der Waals surface area contributed by atoms with Gasteiger partial charge in [-0.15, -0.1) is 0 Å². The molecule has 0 radical (unpaired) electrons. The SMILES string of the molecule is C=O.O=S(=O)(O)O.O=S(=O)(O)c1cccc2ccccc12.[NaH]. The first kappa shape index (κ1) is 23.4. The molecule has 0 spiro atoms. The molecule has 0 aromatic heterocycles. The Morgan fingerprint density at radius 3 is 1.64 bits per heavy atom. The first-order valence-electron chi connectivity index (χ1n) is 5.03. The number of hydrogen-bond acceptors (Lipinski definition) is 5. The first-order valence-corrected chi connectivity index (χ1v) is 7.87. The molecule has 0 unspecified atom stereocenters. The molecular weight excluding hydrogens is 347 g/mol. The predicted molar refractivity (Wildman–Crippen MR) is 82.2 cm³/mol. The fourth-order valence-corrected chi connectivity index (χ4v) is 2.13. The van der Waals surface area contributed by atoms with Gasteiger partial charge in [0, 0.05) is 5.39 Å². The van der Waals surface area contributed by atoms with E-state index in [-0.39, 0.29) is 34.5 Å². The number of carbonyl (C=O) groups excluding carboxylic acids is 1. The molecular formula is C11H13NaO8S2. The number of hydrogen-bond donors (Lipinski definition) is 3. The van der Waals surface area contributed by atoms with Gasteiger partial charge in [-0.05, 0) is 11.5 Å². The third-order valence-corrected chi connectivity index (χ3v) is 2.94. The third-order valence-electron chi connectivity index (χ3n) is 2.03. The molecule has 118 valence electrons. The van der Waals surface area contributed by atoms with Crippen molar-refractivity contribution < 1.29 is 35.3 Å². The number of benzene rings is 2. The number of fused-ring (bicyclic) bond motifs is 1. The van der Waals surface area contributed by atoms with Gasteiger partial charge in [-0.25, -0.2) is 0 Å². The molecule has 0 saturated heterocycles. The van der Waals surface area contributed by atoms with Crippen LogP contribution in [0.1, 0.15) is 0 Å². The van der Waals surface area contributed by atoms with Crippen LogP contribution >= 0.6 is 0 Å². The van der Waals surface area contributed by atoms with E-state index >= 15 is 0 Å². The van der Waals surface area contributed by atoms with Crippen molar-refractivity contribution in [3.8, 4) is 0 Å². The van der Waals surface area contributed by atoms with E-state index in [1.54, 1.807) is 30.3 Å². The Labute approximate surface area is 149 Å². The minimum absolute atomic E-state index is 0. The Balaban J connectivity index is 0. The van der Waals surface area contributed by atoms with Gasteiger partial charge >= 0.3 is 40.0 Å². The Morgan fingerprint density at radius 1 is 0.773 bits per heavy atom. The molecule has 0 aliphatic carbocycles. The summed E-state index contributed by atoms with van der Waals surface area (Å²) in [6.07, 6.45) is 0. The predicted octanol–water partition coefficient (Wildman–Crippen LogP) is 0.600. The van der Waals surface area contributed by atoms with E-state index in [2.05, 4.69) is 0 Å². The zero-order valence-corrected chi connectivity index (χ0v) is 12.1. The van der Waals surface area contributed by atoms with Crippen molar-refractivity contribution in [1.82, 2.24) is 0 Å². The summed E-state index contributed by atoms with van der Waals surface area (Å²) in [5.74, 6) is 0. The summed E-state index contributed by atoms with van der Waals surface area (Å²) in [5.41, 5.74) is 0. The normalized spacial score (nSPS) is 10.3. The molecule has 2 aromatic rings. The van der Waals surface area contributed by atoms with Gasteiger partial charge in [0.1, 0.15) is 11.7 Å². The fraction of sp³-hybridized carbons (Fsp3) is 0. The van der Waals surface area contributed by atoms with Crippen LogP contribution in [0.5, 0.6) is 0 Å². The van der Waals surface area contributed by atoms with Crippen molar-refractivity contribution in [3.05, 3.63) is 42.5 Å². The van der Waals surface area contributed by atoms with Crippen molar-refractivity contribution >= 4 is 67.6 Å². The Bertz CT molecular complexity index is 788. The van der Waals surface area contributed by atoms with Gasteiger partial charge in [-0.2, -0.15) is 16.8 Å². The molecule has 0 atom stereocenters. The zero-order valence-electron chi connectivity index (χ0n) is 10.4. The molecule has 0 bridgehead atoms. The van der Waals surface area contributed by atoms with Gasteiger partial charge in [0.25, 0.3) is 10.1 Å². The molecule has 3 N–H and O–H groups in total. The Kier molecular flexibility index (Phi) is 10.7.